The summed E-state index contributed by atoms with van der Waals surface area (Å²) in [7, 11) is 0. The number of thioether (sulfide) groups is 1. The molecule has 6 heteroatoms. The fourth-order valence-electron chi connectivity index (χ4n) is 9.39. The second-order valence-corrected chi connectivity index (χ2v) is 16.5. The molecule has 0 bridgehead atoms. The number of benzene rings is 8. The summed E-state index contributed by atoms with van der Waals surface area (Å²) in [6.45, 7) is 0. The number of hydrogen-bond donors (Lipinski definition) is 2. The van der Waals surface area contributed by atoms with Crippen molar-refractivity contribution in [3.63, 3.8) is 0 Å². The monoisotopic (exact) mass is 776 g/mol. The van der Waals surface area contributed by atoms with Gasteiger partial charge in [0.05, 0.1) is 5.41 Å². The average molecular weight is 777 g/mol. The van der Waals surface area contributed by atoms with Gasteiger partial charge < -0.3 is 15.4 Å². The van der Waals surface area contributed by atoms with Crippen LogP contribution in [0.5, 0.6) is 11.5 Å². The van der Waals surface area contributed by atoms with Gasteiger partial charge in [-0.2, -0.15) is 0 Å². The Labute approximate surface area is 347 Å². The molecule has 1 aliphatic carbocycles. The molecule has 0 amide bonds. The second kappa shape index (κ2) is 13.5. The molecule has 8 aromatic rings. The highest BCUT2D eigenvalue weighted by Gasteiger charge is 2.51. The van der Waals surface area contributed by atoms with E-state index < -0.39 is 11.6 Å². The molecule has 3 heterocycles. The fourth-order valence-corrected chi connectivity index (χ4v) is 10.5. The van der Waals surface area contributed by atoms with Crippen LogP contribution in [0.15, 0.2) is 209 Å². The third-order valence-electron chi connectivity index (χ3n) is 12.0. The Morgan fingerprint density at radius 1 is 0.458 bits per heavy atom. The Kier molecular flexibility index (Phi) is 7.75. The van der Waals surface area contributed by atoms with E-state index in [1.807, 2.05) is 17.8 Å². The number of rotatable bonds is 5. The SMILES string of the molecule is c1ccc(C2=NC(c3cccc(-c4cccc(C5Nc6ccccc6S5)c4)c3)N=C(c3ccc4c(c3)C3(c5ccccc5O4)c4ccccc4-c4ccccc43)N2)cc1. The molecule has 1 spiro atoms. The highest BCUT2D eigenvalue weighted by Crippen LogP contribution is 2.62. The molecule has 0 saturated heterocycles. The van der Waals surface area contributed by atoms with Crippen molar-refractivity contribution in [3.8, 4) is 33.8 Å². The lowest BCUT2D eigenvalue weighted by Crippen LogP contribution is -2.37. The number of fused-ring (bicyclic) bond motifs is 10. The van der Waals surface area contributed by atoms with Crippen molar-refractivity contribution in [2.24, 2.45) is 9.98 Å². The van der Waals surface area contributed by atoms with E-state index in [1.165, 1.54) is 38.4 Å². The van der Waals surface area contributed by atoms with E-state index in [0.717, 1.165) is 62.1 Å². The fraction of sp³-hybridized carbons (Fsp3) is 0.0566. The molecular weight excluding hydrogens is 741 g/mol. The summed E-state index contributed by atoms with van der Waals surface area (Å²) in [6, 6.07) is 69.0. The molecule has 5 nitrogen and oxygen atoms in total. The van der Waals surface area contributed by atoms with E-state index in [4.69, 9.17) is 14.7 Å². The van der Waals surface area contributed by atoms with Crippen LogP contribution in [0.1, 0.15) is 56.0 Å². The predicted octanol–water partition coefficient (Wildman–Crippen LogP) is 12.5. The normalized spacial score (nSPS) is 17.5. The molecule has 0 saturated carbocycles. The lowest BCUT2D eigenvalue weighted by molar-refractivity contribution is 0.436. The number of nitrogens with one attached hydrogen (secondary N) is 2. The van der Waals surface area contributed by atoms with Gasteiger partial charge in [0.25, 0.3) is 0 Å². The van der Waals surface area contributed by atoms with E-state index in [9.17, 15) is 0 Å². The van der Waals surface area contributed by atoms with Crippen LogP contribution in [0.25, 0.3) is 22.3 Å². The van der Waals surface area contributed by atoms with Crippen molar-refractivity contribution < 1.29 is 4.74 Å². The van der Waals surface area contributed by atoms with Crippen LogP contribution in [0, 0.1) is 0 Å². The van der Waals surface area contributed by atoms with Crippen LogP contribution in [0.4, 0.5) is 5.69 Å². The number of amidine groups is 2. The summed E-state index contributed by atoms with van der Waals surface area (Å²) in [5, 5.41) is 7.53. The van der Waals surface area contributed by atoms with E-state index in [0.29, 0.717) is 0 Å². The Bertz CT molecular complexity index is 2970. The summed E-state index contributed by atoms with van der Waals surface area (Å²) in [5.74, 6) is 3.26. The van der Waals surface area contributed by atoms with Crippen molar-refractivity contribution in [1.29, 1.82) is 0 Å². The van der Waals surface area contributed by atoms with Gasteiger partial charge in [0, 0.05) is 32.8 Å². The molecule has 4 aliphatic rings. The quantitative estimate of drug-likeness (QED) is 0.183. The Hall–Kier alpha value is -7.15. The Balaban J connectivity index is 0.972. The van der Waals surface area contributed by atoms with Crippen LogP contribution in [0.2, 0.25) is 0 Å². The summed E-state index contributed by atoms with van der Waals surface area (Å²) in [4.78, 5) is 11.9. The molecule has 12 rings (SSSR count). The van der Waals surface area contributed by atoms with Crippen LogP contribution < -0.4 is 15.4 Å². The van der Waals surface area contributed by atoms with Crippen LogP contribution >= 0.6 is 11.8 Å². The van der Waals surface area contributed by atoms with Crippen LogP contribution in [0.3, 0.4) is 0 Å². The minimum Gasteiger partial charge on any atom is -0.457 e. The second-order valence-electron chi connectivity index (χ2n) is 15.4. The number of para-hydroxylation sites is 2. The van der Waals surface area contributed by atoms with Crippen LogP contribution in [-0.4, -0.2) is 11.7 Å². The largest absolute Gasteiger partial charge is 0.457 e. The third kappa shape index (κ3) is 5.40. The highest BCUT2D eigenvalue weighted by molar-refractivity contribution is 8.00. The molecule has 280 valence electrons. The lowest BCUT2D eigenvalue weighted by atomic mass is 9.66. The van der Waals surface area contributed by atoms with Crippen molar-refractivity contribution in [3.05, 3.63) is 239 Å². The standard InChI is InChI=1S/C53H36N4OS/c1-2-14-33(15-3-1)49-55-50(36-18-12-16-34(30-36)35-17-13-19-38(31-35)52-54-45-25-9-11-27-48(45)59-52)57-51(56-49)37-28-29-47-44(32-37)53(43-24-8-10-26-46(43)58-47)41-22-6-4-20-39(41)40-21-5-7-23-42(40)53/h1-32,50,52,54H,(H,55,56,57). The molecular formula is C53H36N4OS. The number of hydrogen-bond acceptors (Lipinski definition) is 6. The van der Waals surface area contributed by atoms with Gasteiger partial charge >= 0.3 is 0 Å². The number of nitrogens with zero attached hydrogens (tertiary/aromatic N) is 2. The minimum absolute atomic E-state index is 0.158. The first-order valence-corrected chi connectivity index (χ1v) is 20.9. The molecule has 8 aromatic carbocycles. The smallest absolute Gasteiger partial charge is 0.169 e. The first kappa shape index (κ1) is 33.9. The zero-order valence-electron chi connectivity index (χ0n) is 31.8. The van der Waals surface area contributed by atoms with Gasteiger partial charge in [0.2, 0.25) is 0 Å². The first-order chi connectivity index (χ1) is 29.2. The highest BCUT2D eigenvalue weighted by atomic mass is 32.2. The topological polar surface area (TPSA) is 58.0 Å². The van der Waals surface area contributed by atoms with Crippen molar-refractivity contribution >= 4 is 29.1 Å². The molecule has 3 aliphatic heterocycles. The zero-order valence-corrected chi connectivity index (χ0v) is 32.7. The van der Waals surface area contributed by atoms with Gasteiger partial charge in [-0.05, 0) is 93.0 Å². The number of anilines is 1. The van der Waals surface area contributed by atoms with Crippen molar-refractivity contribution in [1.82, 2.24) is 5.32 Å². The first-order valence-electron chi connectivity index (χ1n) is 20.0. The lowest BCUT2D eigenvalue weighted by Gasteiger charge is -2.39. The molecule has 2 unspecified atom stereocenters. The van der Waals surface area contributed by atoms with Gasteiger partial charge in [0.15, 0.2) is 6.17 Å². The molecule has 0 radical (unpaired) electrons. The Morgan fingerprint density at radius 3 is 1.81 bits per heavy atom. The summed E-state index contributed by atoms with van der Waals surface area (Å²) in [5.41, 5.74) is 14.4. The van der Waals surface area contributed by atoms with Gasteiger partial charge in [-0.15, -0.1) is 0 Å². The van der Waals surface area contributed by atoms with Crippen molar-refractivity contribution in [2.75, 3.05) is 5.32 Å². The number of ether oxygens (including phenoxy) is 1. The maximum absolute atomic E-state index is 6.74. The predicted molar refractivity (Wildman–Crippen MR) is 240 cm³/mol. The molecule has 2 N–H and O–H groups in total. The van der Waals surface area contributed by atoms with E-state index in [1.54, 1.807) is 0 Å². The molecule has 0 fully saturated rings. The van der Waals surface area contributed by atoms with E-state index >= 15 is 0 Å². The third-order valence-corrected chi connectivity index (χ3v) is 13.3. The zero-order chi connectivity index (χ0) is 38.9. The summed E-state index contributed by atoms with van der Waals surface area (Å²) < 4.78 is 6.74. The summed E-state index contributed by atoms with van der Waals surface area (Å²) >= 11 is 1.86. The van der Waals surface area contributed by atoms with Gasteiger partial charge in [0.1, 0.15) is 28.5 Å². The van der Waals surface area contributed by atoms with Gasteiger partial charge in [-0.3, -0.25) is 0 Å². The molecule has 2 atom stereocenters. The van der Waals surface area contributed by atoms with E-state index in [-0.39, 0.29) is 5.37 Å². The maximum Gasteiger partial charge on any atom is 0.169 e. The minimum atomic E-state index is -0.573. The number of aliphatic imine (C=N–C) groups is 2. The van der Waals surface area contributed by atoms with Crippen LogP contribution in [-0.2, 0) is 5.41 Å². The van der Waals surface area contributed by atoms with E-state index in [2.05, 4.69) is 199 Å². The average Bonchev–Trinajstić information content (AvgIpc) is 3.88. The summed E-state index contributed by atoms with van der Waals surface area (Å²) in [6.07, 6.45) is -0.471. The van der Waals surface area contributed by atoms with Crippen molar-refractivity contribution in [2.45, 2.75) is 21.9 Å². The van der Waals surface area contributed by atoms with Gasteiger partial charge in [-0.25, -0.2) is 9.98 Å². The molecule has 0 aromatic heterocycles. The Morgan fingerprint density at radius 2 is 1.05 bits per heavy atom. The maximum atomic E-state index is 6.74. The van der Waals surface area contributed by atoms with Gasteiger partial charge in [-0.1, -0.05) is 157 Å². The molecule has 59 heavy (non-hydrogen) atoms.